The summed E-state index contributed by atoms with van der Waals surface area (Å²) in [4.78, 5) is 28.5. The molecule has 5 heteroatoms. The SMILES string of the molecule is Cc1cc(C)c2cc(C(=O)Nc3cc(NC(=O)c4ccccc4)ccc3C)[nH]c2c1. The second-order valence-corrected chi connectivity index (χ2v) is 7.53. The zero-order chi connectivity index (χ0) is 21.3. The Morgan fingerprint density at radius 3 is 2.30 bits per heavy atom. The van der Waals surface area contributed by atoms with Crippen molar-refractivity contribution >= 4 is 34.1 Å². The largest absolute Gasteiger partial charge is 0.351 e. The molecular weight excluding hydrogens is 374 g/mol. The maximum absolute atomic E-state index is 12.9. The first-order valence-electron chi connectivity index (χ1n) is 9.79. The molecule has 4 rings (SSSR count). The zero-order valence-electron chi connectivity index (χ0n) is 17.2. The number of aromatic nitrogens is 1. The van der Waals surface area contributed by atoms with Gasteiger partial charge in [-0.3, -0.25) is 9.59 Å². The van der Waals surface area contributed by atoms with Crippen molar-refractivity contribution in [2.24, 2.45) is 0 Å². The van der Waals surface area contributed by atoms with Gasteiger partial charge in [-0.05, 0) is 73.9 Å². The first-order chi connectivity index (χ1) is 14.4. The molecule has 5 nitrogen and oxygen atoms in total. The minimum absolute atomic E-state index is 0.196. The van der Waals surface area contributed by atoms with Crippen molar-refractivity contribution in [3.63, 3.8) is 0 Å². The normalized spacial score (nSPS) is 10.8. The minimum Gasteiger partial charge on any atom is -0.351 e. The highest BCUT2D eigenvalue weighted by Gasteiger charge is 2.13. The first kappa shape index (κ1) is 19.5. The van der Waals surface area contributed by atoms with Crippen molar-refractivity contribution in [3.8, 4) is 0 Å². The molecule has 0 bridgehead atoms. The summed E-state index contributed by atoms with van der Waals surface area (Å²) < 4.78 is 0. The van der Waals surface area contributed by atoms with Crippen LogP contribution in [0.25, 0.3) is 10.9 Å². The molecule has 0 aliphatic rings. The van der Waals surface area contributed by atoms with Gasteiger partial charge in [0.1, 0.15) is 5.69 Å². The molecule has 0 radical (unpaired) electrons. The molecule has 0 spiro atoms. The van der Waals surface area contributed by atoms with Gasteiger partial charge in [-0.15, -0.1) is 0 Å². The number of amides is 2. The van der Waals surface area contributed by atoms with Crippen LogP contribution in [0.15, 0.2) is 66.7 Å². The van der Waals surface area contributed by atoms with Crippen LogP contribution in [-0.4, -0.2) is 16.8 Å². The fourth-order valence-electron chi connectivity index (χ4n) is 3.54. The highest BCUT2D eigenvalue weighted by Crippen LogP contribution is 2.24. The van der Waals surface area contributed by atoms with E-state index >= 15 is 0 Å². The Balaban J connectivity index is 1.56. The number of hydrogen-bond acceptors (Lipinski definition) is 2. The van der Waals surface area contributed by atoms with Gasteiger partial charge in [0.25, 0.3) is 11.8 Å². The number of nitrogens with one attached hydrogen (secondary N) is 3. The van der Waals surface area contributed by atoms with E-state index in [0.717, 1.165) is 27.6 Å². The summed E-state index contributed by atoms with van der Waals surface area (Å²) in [5.41, 5.74) is 6.46. The predicted octanol–water partition coefficient (Wildman–Crippen LogP) is 5.60. The first-order valence-corrected chi connectivity index (χ1v) is 9.79. The third-order valence-electron chi connectivity index (χ3n) is 5.11. The lowest BCUT2D eigenvalue weighted by Crippen LogP contribution is -2.15. The molecule has 2 amide bonds. The quantitative estimate of drug-likeness (QED) is 0.419. The van der Waals surface area contributed by atoms with Gasteiger partial charge in [-0.1, -0.05) is 30.3 Å². The van der Waals surface area contributed by atoms with Crippen LogP contribution in [0.5, 0.6) is 0 Å². The summed E-state index contributed by atoms with van der Waals surface area (Å²) in [6.07, 6.45) is 0. The number of rotatable bonds is 4. The van der Waals surface area contributed by atoms with Gasteiger partial charge >= 0.3 is 0 Å². The average molecular weight is 397 g/mol. The van der Waals surface area contributed by atoms with Crippen LogP contribution in [0.1, 0.15) is 37.5 Å². The number of fused-ring (bicyclic) bond motifs is 1. The molecule has 4 aromatic rings. The van der Waals surface area contributed by atoms with Crippen LogP contribution < -0.4 is 10.6 Å². The molecule has 0 saturated heterocycles. The average Bonchev–Trinajstić information content (AvgIpc) is 3.16. The summed E-state index contributed by atoms with van der Waals surface area (Å²) in [5.74, 6) is -0.420. The molecule has 3 N–H and O–H groups in total. The van der Waals surface area contributed by atoms with Crippen molar-refractivity contribution in [1.82, 2.24) is 4.98 Å². The van der Waals surface area contributed by atoms with Gasteiger partial charge in [0, 0.05) is 27.8 Å². The van der Waals surface area contributed by atoms with Crippen LogP contribution in [0.3, 0.4) is 0 Å². The smallest absolute Gasteiger partial charge is 0.272 e. The van der Waals surface area contributed by atoms with Crippen LogP contribution >= 0.6 is 0 Å². The highest BCUT2D eigenvalue weighted by molar-refractivity contribution is 6.08. The highest BCUT2D eigenvalue weighted by atomic mass is 16.2. The van der Waals surface area contributed by atoms with Crippen molar-refractivity contribution in [1.29, 1.82) is 0 Å². The number of carbonyl (C=O) groups excluding carboxylic acids is 2. The maximum atomic E-state index is 12.9. The van der Waals surface area contributed by atoms with Crippen molar-refractivity contribution < 1.29 is 9.59 Å². The second kappa shape index (κ2) is 7.87. The Bertz CT molecular complexity index is 1260. The van der Waals surface area contributed by atoms with E-state index in [1.54, 1.807) is 18.2 Å². The van der Waals surface area contributed by atoms with Crippen LogP contribution in [-0.2, 0) is 0 Å². The molecule has 150 valence electrons. The summed E-state index contributed by atoms with van der Waals surface area (Å²) >= 11 is 0. The van der Waals surface area contributed by atoms with Crippen LogP contribution in [0.2, 0.25) is 0 Å². The molecule has 30 heavy (non-hydrogen) atoms. The van der Waals surface area contributed by atoms with Gasteiger partial charge < -0.3 is 15.6 Å². The summed E-state index contributed by atoms with van der Waals surface area (Å²) in [6, 6.07) is 20.5. The lowest BCUT2D eigenvalue weighted by atomic mass is 10.1. The Morgan fingerprint density at radius 1 is 0.767 bits per heavy atom. The monoisotopic (exact) mass is 397 g/mol. The third kappa shape index (κ3) is 3.96. The minimum atomic E-state index is -0.224. The Labute approximate surface area is 175 Å². The van der Waals surface area contributed by atoms with Gasteiger partial charge in [-0.25, -0.2) is 0 Å². The fourth-order valence-corrected chi connectivity index (χ4v) is 3.54. The van der Waals surface area contributed by atoms with E-state index in [9.17, 15) is 9.59 Å². The number of benzene rings is 3. The van der Waals surface area contributed by atoms with Crippen LogP contribution in [0, 0.1) is 20.8 Å². The summed E-state index contributed by atoms with van der Waals surface area (Å²) in [6.45, 7) is 5.98. The van der Waals surface area contributed by atoms with Gasteiger partial charge in [-0.2, -0.15) is 0 Å². The molecule has 3 aromatic carbocycles. The number of aromatic amines is 1. The number of anilines is 2. The molecule has 0 unspecified atom stereocenters. The van der Waals surface area contributed by atoms with Gasteiger partial charge in [0.2, 0.25) is 0 Å². The lowest BCUT2D eigenvalue weighted by Gasteiger charge is -2.11. The Morgan fingerprint density at radius 2 is 1.53 bits per heavy atom. The van der Waals surface area contributed by atoms with Gasteiger partial charge in [0.05, 0.1) is 0 Å². The van der Waals surface area contributed by atoms with E-state index in [1.165, 1.54) is 0 Å². The van der Waals surface area contributed by atoms with Crippen LogP contribution in [0.4, 0.5) is 11.4 Å². The molecule has 0 aliphatic heterocycles. The van der Waals surface area contributed by atoms with E-state index in [2.05, 4.69) is 21.7 Å². The summed E-state index contributed by atoms with van der Waals surface area (Å²) in [5, 5.41) is 6.86. The zero-order valence-corrected chi connectivity index (χ0v) is 17.2. The maximum Gasteiger partial charge on any atom is 0.272 e. The van der Waals surface area contributed by atoms with E-state index in [-0.39, 0.29) is 11.8 Å². The van der Waals surface area contributed by atoms with Crippen molar-refractivity contribution in [2.75, 3.05) is 10.6 Å². The van der Waals surface area contributed by atoms with Gasteiger partial charge in [0.15, 0.2) is 0 Å². The Kier molecular flexibility index (Phi) is 5.11. The molecular formula is C25H23N3O2. The molecule has 0 fully saturated rings. The lowest BCUT2D eigenvalue weighted by molar-refractivity contribution is 0.101. The second-order valence-electron chi connectivity index (χ2n) is 7.53. The standard InChI is InChI=1S/C25H23N3O2/c1-15-11-17(3)20-14-23(27-22(20)12-15)25(30)28-21-13-19(10-9-16(21)2)26-24(29)18-7-5-4-6-8-18/h4-14,27H,1-3H3,(H,26,29)(H,28,30). The van der Waals surface area contributed by atoms with E-state index < -0.39 is 0 Å². The third-order valence-corrected chi connectivity index (χ3v) is 5.11. The number of carbonyl (C=O) groups is 2. The van der Waals surface area contributed by atoms with E-state index in [0.29, 0.717) is 22.6 Å². The Hall–Kier alpha value is -3.86. The molecule has 0 atom stereocenters. The number of hydrogen-bond donors (Lipinski definition) is 3. The fraction of sp³-hybridized carbons (Fsp3) is 0.120. The number of H-pyrrole nitrogens is 1. The van der Waals surface area contributed by atoms with E-state index in [4.69, 9.17) is 0 Å². The van der Waals surface area contributed by atoms with Crippen molar-refractivity contribution in [2.45, 2.75) is 20.8 Å². The molecule has 1 heterocycles. The van der Waals surface area contributed by atoms with E-state index in [1.807, 2.05) is 63.2 Å². The summed E-state index contributed by atoms with van der Waals surface area (Å²) in [7, 11) is 0. The molecule has 0 saturated carbocycles. The molecule has 1 aromatic heterocycles. The van der Waals surface area contributed by atoms with Crippen molar-refractivity contribution in [3.05, 3.63) is 94.7 Å². The topological polar surface area (TPSA) is 74.0 Å². The number of aryl methyl sites for hydroxylation is 3. The predicted molar refractivity (Wildman–Crippen MR) is 121 cm³/mol. The molecule has 0 aliphatic carbocycles.